The van der Waals surface area contributed by atoms with Crippen LogP contribution in [-0.2, 0) is 10.8 Å². The van der Waals surface area contributed by atoms with Crippen molar-refractivity contribution >= 4 is 34.5 Å². The monoisotopic (exact) mass is 447 g/mol. The highest BCUT2D eigenvalue weighted by atomic mass is 127. The second kappa shape index (κ2) is 7.22. The maximum absolute atomic E-state index is 4.89. The molecule has 0 aliphatic rings. The molecular weight excluding hydrogens is 417 g/mol. The molecule has 0 aliphatic heterocycles. The standard InChI is InChI=1S/C23H30IN/c1-15-9-10-16(2)17(11-15)14-25-20-13-18(22(3,4)5)12-19(21(20)24)23(6,7)8/h9-14H,1-8H3/b25-14-. The molecule has 0 atom stereocenters. The van der Waals surface area contributed by atoms with Crippen molar-refractivity contribution in [3.05, 3.63) is 61.7 Å². The van der Waals surface area contributed by atoms with Gasteiger partial charge in [0, 0.05) is 9.78 Å². The van der Waals surface area contributed by atoms with Gasteiger partial charge in [-0.3, -0.25) is 4.99 Å². The molecule has 0 fully saturated rings. The first-order chi connectivity index (χ1) is 11.4. The highest BCUT2D eigenvalue weighted by Gasteiger charge is 2.23. The molecule has 0 amide bonds. The molecular formula is C23H30IN. The minimum Gasteiger partial charge on any atom is -0.255 e. The van der Waals surface area contributed by atoms with Crippen LogP contribution < -0.4 is 0 Å². The quantitative estimate of drug-likeness (QED) is 0.340. The lowest BCUT2D eigenvalue weighted by Gasteiger charge is -2.27. The molecule has 0 saturated carbocycles. The van der Waals surface area contributed by atoms with Crippen molar-refractivity contribution < 1.29 is 0 Å². The van der Waals surface area contributed by atoms with Gasteiger partial charge < -0.3 is 0 Å². The van der Waals surface area contributed by atoms with Gasteiger partial charge in [-0.2, -0.15) is 0 Å². The summed E-state index contributed by atoms with van der Waals surface area (Å²) in [6.45, 7) is 17.9. The normalized spacial score (nSPS) is 12.8. The molecule has 0 N–H and O–H groups in total. The van der Waals surface area contributed by atoms with E-state index in [1.165, 1.54) is 31.4 Å². The SMILES string of the molecule is Cc1ccc(C)c(/C=N\c2cc(C(C)(C)C)cc(C(C)(C)C)c2I)c1. The van der Waals surface area contributed by atoms with E-state index < -0.39 is 0 Å². The maximum atomic E-state index is 4.89. The van der Waals surface area contributed by atoms with Crippen molar-refractivity contribution in [3.8, 4) is 0 Å². The summed E-state index contributed by atoms with van der Waals surface area (Å²) >= 11 is 2.46. The third kappa shape index (κ3) is 4.93. The highest BCUT2D eigenvalue weighted by molar-refractivity contribution is 14.1. The van der Waals surface area contributed by atoms with Crippen molar-refractivity contribution in [1.29, 1.82) is 0 Å². The molecule has 0 spiro atoms. The van der Waals surface area contributed by atoms with Crippen LogP contribution in [0.25, 0.3) is 0 Å². The summed E-state index contributed by atoms with van der Waals surface area (Å²) in [6.07, 6.45) is 2.01. The van der Waals surface area contributed by atoms with Gasteiger partial charge in [-0.1, -0.05) is 71.4 Å². The van der Waals surface area contributed by atoms with Crippen LogP contribution in [0, 0.1) is 17.4 Å². The van der Waals surface area contributed by atoms with Crippen LogP contribution in [0.1, 0.15) is 69.4 Å². The van der Waals surface area contributed by atoms with E-state index in [-0.39, 0.29) is 10.8 Å². The fourth-order valence-corrected chi connectivity index (χ4v) is 3.98. The van der Waals surface area contributed by atoms with E-state index in [9.17, 15) is 0 Å². The van der Waals surface area contributed by atoms with Gasteiger partial charge in [-0.25, -0.2) is 0 Å². The predicted molar refractivity (Wildman–Crippen MR) is 120 cm³/mol. The van der Waals surface area contributed by atoms with Gasteiger partial charge in [-0.05, 0) is 75.6 Å². The Morgan fingerprint density at radius 1 is 0.880 bits per heavy atom. The Morgan fingerprint density at radius 2 is 1.52 bits per heavy atom. The zero-order valence-corrected chi connectivity index (χ0v) is 18.9. The second-order valence-corrected chi connectivity index (χ2v) is 10.1. The molecule has 2 aromatic rings. The Morgan fingerprint density at radius 3 is 2.08 bits per heavy atom. The number of halogens is 1. The Balaban J connectivity index is 2.60. The molecule has 2 heteroatoms. The van der Waals surface area contributed by atoms with Gasteiger partial charge >= 0.3 is 0 Å². The van der Waals surface area contributed by atoms with Gasteiger partial charge in [0.05, 0.1) is 5.69 Å². The minimum absolute atomic E-state index is 0.0985. The lowest BCUT2D eigenvalue weighted by Crippen LogP contribution is -2.17. The average Bonchev–Trinajstić information content (AvgIpc) is 2.47. The third-order valence-corrected chi connectivity index (χ3v) is 5.64. The summed E-state index contributed by atoms with van der Waals surface area (Å²) in [7, 11) is 0. The van der Waals surface area contributed by atoms with E-state index in [0.717, 1.165) is 5.69 Å². The fraction of sp³-hybridized carbons (Fsp3) is 0.435. The van der Waals surface area contributed by atoms with E-state index in [4.69, 9.17) is 4.99 Å². The molecule has 0 unspecified atom stereocenters. The van der Waals surface area contributed by atoms with Gasteiger partial charge in [-0.15, -0.1) is 0 Å². The molecule has 1 nitrogen and oxygen atoms in total. The molecule has 0 bridgehead atoms. The van der Waals surface area contributed by atoms with Gasteiger partial charge in [0.2, 0.25) is 0 Å². The van der Waals surface area contributed by atoms with E-state index in [2.05, 4.69) is 108 Å². The average molecular weight is 447 g/mol. The fourth-order valence-electron chi connectivity index (χ4n) is 2.72. The van der Waals surface area contributed by atoms with E-state index in [1.807, 2.05) is 6.21 Å². The van der Waals surface area contributed by atoms with Crippen molar-refractivity contribution in [2.75, 3.05) is 0 Å². The summed E-state index contributed by atoms with van der Waals surface area (Å²) in [5, 5.41) is 0. The summed E-state index contributed by atoms with van der Waals surface area (Å²) in [5.41, 5.74) is 7.69. The summed E-state index contributed by atoms with van der Waals surface area (Å²) in [4.78, 5) is 4.89. The lowest BCUT2D eigenvalue weighted by molar-refractivity contribution is 0.566. The molecule has 0 aromatic heterocycles. The first-order valence-corrected chi connectivity index (χ1v) is 9.93. The smallest absolute Gasteiger partial charge is 0.0769 e. The predicted octanol–water partition coefficient (Wildman–Crippen LogP) is 7.25. The van der Waals surface area contributed by atoms with Crippen LogP contribution in [-0.4, -0.2) is 6.21 Å². The topological polar surface area (TPSA) is 12.4 Å². The van der Waals surface area contributed by atoms with E-state index in [0.29, 0.717) is 0 Å². The molecule has 25 heavy (non-hydrogen) atoms. The summed E-state index contributed by atoms with van der Waals surface area (Å²) in [5.74, 6) is 0. The Bertz CT molecular complexity index is 802. The summed E-state index contributed by atoms with van der Waals surface area (Å²) in [6, 6.07) is 11.1. The van der Waals surface area contributed by atoms with Gasteiger partial charge in [0.15, 0.2) is 0 Å². The van der Waals surface area contributed by atoms with Crippen LogP contribution in [0.5, 0.6) is 0 Å². The minimum atomic E-state index is 0.0985. The van der Waals surface area contributed by atoms with Gasteiger partial charge in [0.25, 0.3) is 0 Å². The lowest BCUT2D eigenvalue weighted by atomic mass is 9.80. The number of nitrogens with zero attached hydrogens (tertiary/aromatic N) is 1. The molecule has 0 heterocycles. The molecule has 0 radical (unpaired) electrons. The Hall–Kier alpha value is -1.16. The highest BCUT2D eigenvalue weighted by Crippen LogP contribution is 2.37. The number of aryl methyl sites for hydroxylation is 2. The molecule has 0 aliphatic carbocycles. The van der Waals surface area contributed by atoms with Crippen LogP contribution in [0.2, 0.25) is 0 Å². The van der Waals surface area contributed by atoms with Crippen molar-refractivity contribution in [2.45, 2.75) is 66.2 Å². The van der Waals surface area contributed by atoms with Crippen molar-refractivity contribution in [3.63, 3.8) is 0 Å². The van der Waals surface area contributed by atoms with Crippen LogP contribution in [0.15, 0.2) is 35.3 Å². The number of benzene rings is 2. The van der Waals surface area contributed by atoms with E-state index >= 15 is 0 Å². The third-order valence-electron chi connectivity index (χ3n) is 4.50. The van der Waals surface area contributed by atoms with Gasteiger partial charge in [0.1, 0.15) is 0 Å². The number of hydrogen-bond acceptors (Lipinski definition) is 1. The molecule has 134 valence electrons. The summed E-state index contributed by atoms with van der Waals surface area (Å²) < 4.78 is 1.25. The Kier molecular flexibility index (Phi) is 5.82. The zero-order valence-electron chi connectivity index (χ0n) is 16.8. The first kappa shape index (κ1) is 20.2. The van der Waals surface area contributed by atoms with Crippen LogP contribution in [0.4, 0.5) is 5.69 Å². The largest absolute Gasteiger partial charge is 0.255 e. The second-order valence-electron chi connectivity index (χ2n) is 8.98. The molecule has 2 rings (SSSR count). The van der Waals surface area contributed by atoms with Crippen molar-refractivity contribution in [2.24, 2.45) is 4.99 Å². The first-order valence-electron chi connectivity index (χ1n) is 8.85. The number of aliphatic imine (C=N–C) groups is 1. The number of rotatable bonds is 2. The number of hydrogen-bond donors (Lipinski definition) is 0. The van der Waals surface area contributed by atoms with E-state index in [1.54, 1.807) is 0 Å². The van der Waals surface area contributed by atoms with Crippen LogP contribution in [0.3, 0.4) is 0 Å². The Labute approximate surface area is 167 Å². The van der Waals surface area contributed by atoms with Crippen LogP contribution >= 0.6 is 22.6 Å². The molecule has 2 aromatic carbocycles. The van der Waals surface area contributed by atoms with Crippen molar-refractivity contribution in [1.82, 2.24) is 0 Å². The zero-order chi connectivity index (χ0) is 19.0. The molecule has 0 saturated heterocycles. The maximum Gasteiger partial charge on any atom is 0.0769 e.